The molecule has 3 amide bonds. The number of benzene rings is 3. The van der Waals surface area contributed by atoms with E-state index in [0.717, 1.165) is 4.47 Å². The van der Waals surface area contributed by atoms with Crippen molar-refractivity contribution in [3.05, 3.63) is 88.1 Å². The van der Waals surface area contributed by atoms with Gasteiger partial charge in [0, 0.05) is 22.6 Å². The van der Waals surface area contributed by atoms with Crippen LogP contribution < -0.4 is 20.3 Å². The minimum Gasteiger partial charge on any atom is -0.495 e. The number of ether oxygens (including phenoxy) is 1. The van der Waals surface area contributed by atoms with Crippen molar-refractivity contribution in [2.24, 2.45) is 4.99 Å². The molecule has 3 aromatic carbocycles. The SMILES string of the molecule is COc1ccc(Br)cc1NC(=O)NC1N=C(c2ccccc2F)c2ccccc2N(C)C1=O. The van der Waals surface area contributed by atoms with E-state index < -0.39 is 23.9 Å². The van der Waals surface area contributed by atoms with Gasteiger partial charge in [0.25, 0.3) is 5.91 Å². The Balaban J connectivity index is 1.72. The predicted octanol–water partition coefficient (Wildman–Crippen LogP) is 4.56. The van der Waals surface area contributed by atoms with Gasteiger partial charge >= 0.3 is 6.03 Å². The number of anilines is 2. The third kappa shape index (κ3) is 4.58. The zero-order valence-corrected chi connectivity index (χ0v) is 19.4. The number of amides is 3. The molecule has 3 aromatic rings. The molecule has 1 aliphatic heterocycles. The summed E-state index contributed by atoms with van der Waals surface area (Å²) in [6.45, 7) is 0. The predicted molar refractivity (Wildman–Crippen MR) is 129 cm³/mol. The number of fused-ring (bicyclic) bond motifs is 1. The molecule has 0 saturated carbocycles. The second-order valence-corrected chi connectivity index (χ2v) is 8.13. The van der Waals surface area contributed by atoms with Crippen LogP contribution in [-0.4, -0.2) is 38.0 Å². The van der Waals surface area contributed by atoms with Gasteiger partial charge in [-0.25, -0.2) is 14.2 Å². The van der Waals surface area contributed by atoms with Gasteiger partial charge in [0.05, 0.1) is 24.2 Å². The third-order valence-electron chi connectivity index (χ3n) is 5.15. The number of carbonyl (C=O) groups is 2. The zero-order valence-electron chi connectivity index (χ0n) is 17.8. The molecular formula is C24H20BrFN4O3. The summed E-state index contributed by atoms with van der Waals surface area (Å²) < 4.78 is 20.7. The number of likely N-dealkylation sites (N-methyl/N-ethyl adjacent to an activating group) is 1. The number of rotatable bonds is 4. The first-order valence-electron chi connectivity index (χ1n) is 9.99. The minimum absolute atomic E-state index is 0.230. The molecule has 0 saturated heterocycles. The first-order valence-corrected chi connectivity index (χ1v) is 10.8. The molecule has 0 bridgehead atoms. The van der Waals surface area contributed by atoms with Gasteiger partial charge in [0.1, 0.15) is 11.6 Å². The highest BCUT2D eigenvalue weighted by Gasteiger charge is 2.31. The van der Waals surface area contributed by atoms with Crippen LogP contribution in [0.25, 0.3) is 0 Å². The molecule has 4 rings (SSSR count). The molecular weight excluding hydrogens is 491 g/mol. The summed E-state index contributed by atoms with van der Waals surface area (Å²) in [6, 6.07) is 17.7. The van der Waals surface area contributed by atoms with Gasteiger partial charge < -0.3 is 20.3 Å². The average molecular weight is 511 g/mol. The summed E-state index contributed by atoms with van der Waals surface area (Å²) in [5.41, 5.74) is 2.04. The van der Waals surface area contributed by atoms with Gasteiger partial charge in [-0.15, -0.1) is 0 Å². The standard InChI is InChI=1S/C24H20BrFN4O3/c1-30-19-10-6-4-8-16(19)21(15-7-3-5-9-17(15)26)28-22(23(30)31)29-24(32)27-18-13-14(25)11-12-20(18)33-2/h3-13,22H,1-2H3,(H2,27,29,32). The van der Waals surface area contributed by atoms with Crippen molar-refractivity contribution in [2.75, 3.05) is 24.4 Å². The molecule has 0 spiro atoms. The van der Waals surface area contributed by atoms with Crippen LogP contribution >= 0.6 is 15.9 Å². The first kappa shape index (κ1) is 22.5. The number of methoxy groups -OCH3 is 1. The Morgan fingerprint density at radius 3 is 2.52 bits per heavy atom. The molecule has 7 nitrogen and oxygen atoms in total. The molecule has 0 radical (unpaired) electrons. The summed E-state index contributed by atoms with van der Waals surface area (Å²) in [7, 11) is 3.07. The Labute approximate surface area is 198 Å². The van der Waals surface area contributed by atoms with Gasteiger partial charge in [-0.2, -0.15) is 0 Å². The lowest BCUT2D eigenvalue weighted by Gasteiger charge is -2.21. The normalized spacial score (nSPS) is 15.3. The van der Waals surface area contributed by atoms with Gasteiger partial charge in [-0.3, -0.25) is 4.79 Å². The van der Waals surface area contributed by atoms with Crippen LogP contribution in [0.3, 0.4) is 0 Å². The molecule has 1 aliphatic rings. The highest BCUT2D eigenvalue weighted by molar-refractivity contribution is 9.10. The quantitative estimate of drug-likeness (QED) is 0.539. The summed E-state index contributed by atoms with van der Waals surface area (Å²) in [4.78, 5) is 31.9. The molecule has 0 aromatic heterocycles. The number of hydrogen-bond donors (Lipinski definition) is 2. The van der Waals surface area contributed by atoms with Crippen molar-refractivity contribution < 1.29 is 18.7 Å². The number of hydrogen-bond acceptors (Lipinski definition) is 4. The third-order valence-corrected chi connectivity index (χ3v) is 5.64. The van der Waals surface area contributed by atoms with E-state index in [-0.39, 0.29) is 11.3 Å². The number of para-hydroxylation sites is 1. The van der Waals surface area contributed by atoms with Crippen molar-refractivity contribution in [3.63, 3.8) is 0 Å². The molecule has 2 N–H and O–H groups in total. The number of urea groups is 1. The van der Waals surface area contributed by atoms with Crippen molar-refractivity contribution in [3.8, 4) is 5.75 Å². The Morgan fingerprint density at radius 2 is 1.79 bits per heavy atom. The van der Waals surface area contributed by atoms with Crippen LogP contribution in [0.2, 0.25) is 0 Å². The van der Waals surface area contributed by atoms with Crippen LogP contribution in [0.4, 0.5) is 20.6 Å². The smallest absolute Gasteiger partial charge is 0.321 e. The highest BCUT2D eigenvalue weighted by atomic mass is 79.9. The lowest BCUT2D eigenvalue weighted by Crippen LogP contribution is -2.47. The van der Waals surface area contributed by atoms with E-state index in [1.807, 2.05) is 0 Å². The van der Waals surface area contributed by atoms with Crippen molar-refractivity contribution in [1.82, 2.24) is 5.32 Å². The number of nitrogens with one attached hydrogen (secondary N) is 2. The van der Waals surface area contributed by atoms with E-state index in [4.69, 9.17) is 4.74 Å². The monoisotopic (exact) mass is 510 g/mol. The van der Waals surface area contributed by atoms with Crippen LogP contribution in [0.1, 0.15) is 11.1 Å². The average Bonchev–Trinajstić information content (AvgIpc) is 2.90. The Bertz CT molecular complexity index is 1260. The van der Waals surface area contributed by atoms with E-state index in [1.54, 1.807) is 67.7 Å². The molecule has 1 heterocycles. The maximum Gasteiger partial charge on any atom is 0.321 e. The Hall–Kier alpha value is -3.72. The number of nitrogens with zero attached hydrogens (tertiary/aromatic N) is 2. The van der Waals surface area contributed by atoms with E-state index in [1.165, 1.54) is 18.1 Å². The van der Waals surface area contributed by atoms with Crippen LogP contribution in [-0.2, 0) is 4.79 Å². The fourth-order valence-electron chi connectivity index (χ4n) is 3.54. The molecule has 1 unspecified atom stereocenters. The maximum absolute atomic E-state index is 14.7. The lowest BCUT2D eigenvalue weighted by molar-refractivity contribution is -0.119. The van der Waals surface area contributed by atoms with E-state index in [9.17, 15) is 14.0 Å². The van der Waals surface area contributed by atoms with Crippen LogP contribution in [0.15, 0.2) is 76.2 Å². The fraction of sp³-hybridized carbons (Fsp3) is 0.125. The molecule has 168 valence electrons. The van der Waals surface area contributed by atoms with E-state index in [0.29, 0.717) is 22.7 Å². The van der Waals surface area contributed by atoms with Gasteiger partial charge in [0.15, 0.2) is 0 Å². The number of carbonyl (C=O) groups excluding carboxylic acids is 2. The summed E-state index contributed by atoms with van der Waals surface area (Å²) in [5.74, 6) is -0.504. The van der Waals surface area contributed by atoms with Crippen LogP contribution in [0, 0.1) is 5.82 Å². The molecule has 9 heteroatoms. The summed E-state index contributed by atoms with van der Waals surface area (Å²) >= 11 is 3.35. The second-order valence-electron chi connectivity index (χ2n) is 7.22. The Kier molecular flexibility index (Phi) is 6.41. The maximum atomic E-state index is 14.7. The van der Waals surface area contributed by atoms with Gasteiger partial charge in [0.2, 0.25) is 6.17 Å². The van der Waals surface area contributed by atoms with Crippen molar-refractivity contribution >= 4 is 45.0 Å². The second kappa shape index (κ2) is 9.41. The van der Waals surface area contributed by atoms with Gasteiger partial charge in [-0.1, -0.05) is 46.3 Å². The topological polar surface area (TPSA) is 83.0 Å². The molecule has 0 aliphatic carbocycles. The van der Waals surface area contributed by atoms with Gasteiger partial charge in [-0.05, 0) is 36.4 Å². The minimum atomic E-state index is -1.28. The van der Waals surface area contributed by atoms with Crippen LogP contribution in [0.5, 0.6) is 5.75 Å². The fourth-order valence-corrected chi connectivity index (χ4v) is 3.91. The highest BCUT2D eigenvalue weighted by Crippen LogP contribution is 2.29. The largest absolute Gasteiger partial charge is 0.495 e. The first-order chi connectivity index (χ1) is 15.9. The number of aliphatic imine (C=N–C) groups is 1. The molecule has 1 atom stereocenters. The summed E-state index contributed by atoms with van der Waals surface area (Å²) in [5, 5.41) is 5.26. The van der Waals surface area contributed by atoms with E-state index in [2.05, 4.69) is 31.6 Å². The molecule has 33 heavy (non-hydrogen) atoms. The van der Waals surface area contributed by atoms with E-state index >= 15 is 0 Å². The lowest BCUT2D eigenvalue weighted by atomic mass is 10.00. The number of halogens is 2. The summed E-state index contributed by atoms with van der Waals surface area (Å²) in [6.07, 6.45) is -1.28. The Morgan fingerprint density at radius 1 is 1.09 bits per heavy atom. The van der Waals surface area contributed by atoms with Crippen molar-refractivity contribution in [2.45, 2.75) is 6.17 Å². The molecule has 0 fully saturated rings. The zero-order chi connectivity index (χ0) is 23.5. The van der Waals surface area contributed by atoms with Crippen molar-refractivity contribution in [1.29, 1.82) is 0 Å². The number of benzodiazepines with no additional fused rings is 1.